The number of nitrogens with two attached hydrogens (primary N) is 1. The predicted molar refractivity (Wildman–Crippen MR) is 122 cm³/mol. The van der Waals surface area contributed by atoms with Gasteiger partial charge in [-0.15, -0.1) is 10.2 Å². The number of hydrogen-bond donors (Lipinski definition) is 2. The summed E-state index contributed by atoms with van der Waals surface area (Å²) in [4.78, 5) is 12.6. The van der Waals surface area contributed by atoms with E-state index >= 15 is 0 Å². The molecule has 3 N–H and O–H groups in total. The molecule has 0 aliphatic carbocycles. The first kappa shape index (κ1) is 22.5. The largest absolute Gasteiger partial charge is 0.497 e. The number of nitrogens with one attached hydrogen (secondary N) is 1. The maximum absolute atomic E-state index is 12.6. The Hall–Kier alpha value is -3.20. The Bertz CT molecular complexity index is 1020. The monoisotopic (exact) mass is 441 g/mol. The minimum absolute atomic E-state index is 0.0656. The van der Waals surface area contributed by atoms with E-state index in [1.165, 1.54) is 16.4 Å². The van der Waals surface area contributed by atoms with Crippen LogP contribution in [0.4, 0.5) is 0 Å². The van der Waals surface area contributed by atoms with Gasteiger partial charge in [0.05, 0.1) is 31.6 Å². The van der Waals surface area contributed by atoms with Crippen LogP contribution in [-0.2, 0) is 4.79 Å². The Morgan fingerprint density at radius 3 is 2.52 bits per heavy atom. The molecule has 0 saturated carbocycles. The van der Waals surface area contributed by atoms with Crippen molar-refractivity contribution in [1.82, 2.24) is 20.2 Å². The number of rotatable bonds is 9. The lowest BCUT2D eigenvalue weighted by Crippen LogP contribution is -2.33. The van der Waals surface area contributed by atoms with Gasteiger partial charge in [-0.2, -0.15) is 0 Å². The van der Waals surface area contributed by atoms with Gasteiger partial charge in [-0.05, 0) is 23.6 Å². The quantitative estimate of drug-likeness (QED) is 0.388. The summed E-state index contributed by atoms with van der Waals surface area (Å²) < 4.78 is 12.0. The lowest BCUT2D eigenvalue weighted by molar-refractivity contribution is -0.119. The van der Waals surface area contributed by atoms with Crippen molar-refractivity contribution in [3.05, 3.63) is 54.1 Å². The van der Waals surface area contributed by atoms with Crippen molar-refractivity contribution in [2.45, 2.75) is 25.0 Å². The van der Waals surface area contributed by atoms with Gasteiger partial charge in [0, 0.05) is 6.07 Å². The van der Waals surface area contributed by atoms with Crippen molar-refractivity contribution in [2.24, 2.45) is 5.92 Å². The van der Waals surface area contributed by atoms with E-state index < -0.39 is 0 Å². The Morgan fingerprint density at radius 2 is 1.87 bits per heavy atom. The average molecular weight is 442 g/mol. The van der Waals surface area contributed by atoms with E-state index in [-0.39, 0.29) is 23.6 Å². The van der Waals surface area contributed by atoms with Gasteiger partial charge in [0.2, 0.25) is 11.1 Å². The zero-order chi connectivity index (χ0) is 22.4. The molecule has 164 valence electrons. The number of carbonyl (C=O) groups is 1. The standard InChI is InChI=1S/C22H27N5O3S/c1-14(2)20(15-8-6-5-7-9-15)24-19(28)13-31-22-26-25-21(27(22)23)17-11-10-16(29-3)12-18(17)30-4/h5-12,14,20H,13,23H2,1-4H3,(H,24,28)/t20-/m0/s1. The second-order valence-electron chi connectivity index (χ2n) is 7.23. The third kappa shape index (κ3) is 5.29. The molecule has 2 aromatic carbocycles. The molecule has 0 unspecified atom stereocenters. The van der Waals surface area contributed by atoms with Crippen LogP contribution in [-0.4, -0.2) is 40.8 Å². The fraction of sp³-hybridized carbons (Fsp3) is 0.318. The Kier molecular flexibility index (Phi) is 7.41. The third-order valence-corrected chi connectivity index (χ3v) is 5.73. The van der Waals surface area contributed by atoms with Crippen molar-refractivity contribution in [3.63, 3.8) is 0 Å². The highest BCUT2D eigenvalue weighted by molar-refractivity contribution is 7.99. The van der Waals surface area contributed by atoms with E-state index in [9.17, 15) is 4.79 Å². The molecule has 3 aromatic rings. The summed E-state index contributed by atoms with van der Waals surface area (Å²) in [6.07, 6.45) is 0. The average Bonchev–Trinajstić information content (AvgIpc) is 3.15. The van der Waals surface area contributed by atoms with Gasteiger partial charge in [-0.25, -0.2) is 4.68 Å². The summed E-state index contributed by atoms with van der Waals surface area (Å²) in [5, 5.41) is 11.9. The molecule has 0 bridgehead atoms. The highest BCUT2D eigenvalue weighted by Gasteiger charge is 2.20. The fourth-order valence-corrected chi connectivity index (χ4v) is 3.85. The van der Waals surface area contributed by atoms with Crippen molar-refractivity contribution >= 4 is 17.7 Å². The number of nitrogen functional groups attached to an aromatic ring is 1. The Labute approximate surface area is 186 Å². The van der Waals surface area contributed by atoms with E-state index in [4.69, 9.17) is 15.3 Å². The van der Waals surface area contributed by atoms with Crippen LogP contribution < -0.4 is 20.6 Å². The molecule has 0 fully saturated rings. The molecule has 8 nitrogen and oxygen atoms in total. The number of carbonyl (C=O) groups excluding carboxylic acids is 1. The zero-order valence-electron chi connectivity index (χ0n) is 18.0. The van der Waals surface area contributed by atoms with Crippen LogP contribution in [0.2, 0.25) is 0 Å². The van der Waals surface area contributed by atoms with Crippen LogP contribution >= 0.6 is 11.8 Å². The summed E-state index contributed by atoms with van der Waals surface area (Å²) in [5.41, 5.74) is 1.75. The molecule has 1 amide bonds. The lowest BCUT2D eigenvalue weighted by Gasteiger charge is -2.22. The van der Waals surface area contributed by atoms with Gasteiger partial charge in [0.15, 0.2) is 5.82 Å². The molecule has 0 saturated heterocycles. The Morgan fingerprint density at radius 1 is 1.13 bits per heavy atom. The number of amides is 1. The second-order valence-corrected chi connectivity index (χ2v) is 8.17. The first-order valence-corrected chi connectivity index (χ1v) is 10.8. The van der Waals surface area contributed by atoms with E-state index in [1.54, 1.807) is 32.4 Å². The van der Waals surface area contributed by atoms with Gasteiger partial charge in [-0.3, -0.25) is 4.79 Å². The smallest absolute Gasteiger partial charge is 0.230 e. The van der Waals surface area contributed by atoms with Crippen LogP contribution in [0.3, 0.4) is 0 Å². The van der Waals surface area contributed by atoms with Gasteiger partial charge in [0.25, 0.3) is 0 Å². The van der Waals surface area contributed by atoms with Crippen LogP contribution in [0.25, 0.3) is 11.4 Å². The molecule has 1 atom stereocenters. The molecule has 0 aliphatic heterocycles. The fourth-order valence-electron chi connectivity index (χ4n) is 3.18. The maximum Gasteiger partial charge on any atom is 0.230 e. The molecule has 31 heavy (non-hydrogen) atoms. The van der Waals surface area contributed by atoms with Crippen LogP contribution in [0.15, 0.2) is 53.7 Å². The molecule has 0 radical (unpaired) electrons. The van der Waals surface area contributed by atoms with Crippen molar-refractivity contribution in [1.29, 1.82) is 0 Å². The Balaban J connectivity index is 1.69. The number of thioether (sulfide) groups is 1. The molecule has 1 heterocycles. The first-order valence-electron chi connectivity index (χ1n) is 9.84. The number of methoxy groups -OCH3 is 2. The highest BCUT2D eigenvalue weighted by Crippen LogP contribution is 2.33. The molecule has 9 heteroatoms. The van der Waals surface area contributed by atoms with Crippen LogP contribution in [0.5, 0.6) is 11.5 Å². The highest BCUT2D eigenvalue weighted by atomic mass is 32.2. The summed E-state index contributed by atoms with van der Waals surface area (Å²) in [5.74, 6) is 8.20. The molecular weight excluding hydrogens is 414 g/mol. The predicted octanol–water partition coefficient (Wildman–Crippen LogP) is 3.28. The number of ether oxygens (including phenoxy) is 2. The van der Waals surface area contributed by atoms with Crippen LogP contribution in [0, 0.1) is 5.92 Å². The minimum atomic E-state index is -0.0980. The van der Waals surface area contributed by atoms with Gasteiger partial charge < -0.3 is 20.6 Å². The van der Waals surface area contributed by atoms with Gasteiger partial charge >= 0.3 is 0 Å². The van der Waals surface area contributed by atoms with Crippen LogP contribution in [0.1, 0.15) is 25.5 Å². The van der Waals surface area contributed by atoms with E-state index in [1.807, 2.05) is 30.3 Å². The summed E-state index contributed by atoms with van der Waals surface area (Å²) in [6.45, 7) is 4.16. The second kappa shape index (κ2) is 10.2. The summed E-state index contributed by atoms with van der Waals surface area (Å²) in [7, 11) is 3.15. The lowest BCUT2D eigenvalue weighted by atomic mass is 9.96. The third-order valence-electron chi connectivity index (χ3n) is 4.79. The normalized spacial score (nSPS) is 11.9. The van der Waals surface area contributed by atoms with E-state index in [0.29, 0.717) is 28.0 Å². The SMILES string of the molecule is COc1ccc(-c2nnc(SCC(=O)N[C@H](c3ccccc3)C(C)C)n2N)c(OC)c1. The zero-order valence-corrected chi connectivity index (χ0v) is 18.8. The molecular formula is C22H27N5O3S. The van der Waals surface area contributed by atoms with Crippen molar-refractivity contribution < 1.29 is 14.3 Å². The van der Waals surface area contributed by atoms with E-state index in [0.717, 1.165) is 5.56 Å². The van der Waals surface area contributed by atoms with E-state index in [2.05, 4.69) is 29.4 Å². The number of nitrogens with zero attached hydrogens (tertiary/aromatic N) is 3. The van der Waals surface area contributed by atoms with Gasteiger partial charge in [0.1, 0.15) is 11.5 Å². The summed E-state index contributed by atoms with van der Waals surface area (Å²) >= 11 is 1.23. The first-order chi connectivity index (χ1) is 14.9. The van der Waals surface area contributed by atoms with Crippen molar-refractivity contribution in [3.8, 4) is 22.9 Å². The summed E-state index contributed by atoms with van der Waals surface area (Å²) in [6, 6.07) is 15.2. The molecule has 1 aromatic heterocycles. The van der Waals surface area contributed by atoms with Gasteiger partial charge in [-0.1, -0.05) is 55.9 Å². The maximum atomic E-state index is 12.6. The molecule has 3 rings (SSSR count). The number of aromatic nitrogens is 3. The molecule has 0 aliphatic rings. The molecule has 0 spiro atoms. The number of benzene rings is 2. The van der Waals surface area contributed by atoms with Crippen molar-refractivity contribution in [2.75, 3.05) is 25.8 Å². The number of hydrogen-bond acceptors (Lipinski definition) is 7. The minimum Gasteiger partial charge on any atom is -0.497 e. The topological polar surface area (TPSA) is 104 Å².